The summed E-state index contributed by atoms with van der Waals surface area (Å²) in [5.74, 6) is 2.71. The Morgan fingerprint density at radius 3 is 2.80 bits per heavy atom. The molecule has 0 amide bonds. The number of ether oxygens (including phenoxy) is 1. The molecule has 4 atom stereocenters. The first-order valence-electron chi connectivity index (χ1n) is 8.12. The summed E-state index contributed by atoms with van der Waals surface area (Å²) in [5.41, 5.74) is 2.66. The van der Waals surface area contributed by atoms with Crippen LogP contribution in [-0.2, 0) is 0 Å². The van der Waals surface area contributed by atoms with Gasteiger partial charge in [-0.15, -0.1) is 0 Å². The average molecular weight is 273 g/mol. The van der Waals surface area contributed by atoms with Crippen LogP contribution in [0.15, 0.2) is 18.2 Å². The fraction of sp³-hybridized carbons (Fsp3) is 0.667. The number of benzene rings is 1. The van der Waals surface area contributed by atoms with Gasteiger partial charge in [-0.05, 0) is 44.7 Å². The van der Waals surface area contributed by atoms with Gasteiger partial charge in [-0.1, -0.05) is 37.5 Å². The first kappa shape index (κ1) is 13.9. The van der Waals surface area contributed by atoms with E-state index in [0.717, 1.165) is 24.0 Å². The molecule has 1 heterocycles. The van der Waals surface area contributed by atoms with Crippen molar-refractivity contribution < 1.29 is 4.74 Å². The van der Waals surface area contributed by atoms with Crippen LogP contribution >= 0.6 is 0 Å². The standard InChI is InChI=1S/C18H27NO/c1-12-5-4-6-14(9-12)18-11-16(19-3)15-10-13(2)7-8-17(15)20-18/h7-8,10,12,14,16,18-19H,4-6,9,11H2,1-3H3. The predicted octanol–water partition coefficient (Wildman–Crippen LogP) is 4.23. The molecule has 2 heteroatoms. The molecule has 1 aliphatic carbocycles. The predicted molar refractivity (Wildman–Crippen MR) is 83.1 cm³/mol. The van der Waals surface area contributed by atoms with E-state index < -0.39 is 0 Å². The van der Waals surface area contributed by atoms with Crippen molar-refractivity contribution in [3.8, 4) is 5.75 Å². The molecule has 1 saturated carbocycles. The maximum atomic E-state index is 6.37. The van der Waals surface area contributed by atoms with Crippen LogP contribution in [0.3, 0.4) is 0 Å². The highest BCUT2D eigenvalue weighted by Crippen LogP contribution is 2.41. The Morgan fingerprint density at radius 1 is 1.20 bits per heavy atom. The summed E-state index contributed by atoms with van der Waals surface area (Å²) in [6.45, 7) is 4.55. The minimum absolute atomic E-state index is 0.394. The Labute approximate surface area is 122 Å². The molecule has 1 aliphatic heterocycles. The third-order valence-corrected chi connectivity index (χ3v) is 5.14. The zero-order valence-electron chi connectivity index (χ0n) is 13.0. The van der Waals surface area contributed by atoms with Gasteiger partial charge in [0.05, 0.1) is 0 Å². The highest BCUT2D eigenvalue weighted by atomic mass is 16.5. The van der Waals surface area contributed by atoms with Gasteiger partial charge in [0.2, 0.25) is 0 Å². The lowest BCUT2D eigenvalue weighted by Crippen LogP contribution is -2.38. The van der Waals surface area contributed by atoms with Gasteiger partial charge in [0.1, 0.15) is 11.9 Å². The zero-order chi connectivity index (χ0) is 14.1. The summed E-state index contributed by atoms with van der Waals surface area (Å²) in [5, 5.41) is 3.49. The van der Waals surface area contributed by atoms with Crippen molar-refractivity contribution in [1.29, 1.82) is 0 Å². The van der Waals surface area contributed by atoms with Crippen LogP contribution < -0.4 is 10.1 Å². The van der Waals surface area contributed by atoms with Crippen LogP contribution in [0.25, 0.3) is 0 Å². The van der Waals surface area contributed by atoms with Gasteiger partial charge in [-0.3, -0.25) is 0 Å². The van der Waals surface area contributed by atoms with E-state index in [1.54, 1.807) is 0 Å². The SMILES string of the molecule is CNC1CC(C2CCCC(C)C2)Oc2ccc(C)cc21. The van der Waals surface area contributed by atoms with Crippen LogP contribution in [0.5, 0.6) is 5.75 Å². The van der Waals surface area contributed by atoms with Gasteiger partial charge in [0, 0.05) is 18.0 Å². The van der Waals surface area contributed by atoms with Crippen LogP contribution in [0.4, 0.5) is 0 Å². The summed E-state index contributed by atoms with van der Waals surface area (Å²) < 4.78 is 6.37. The molecule has 20 heavy (non-hydrogen) atoms. The average Bonchev–Trinajstić information content (AvgIpc) is 2.46. The third kappa shape index (κ3) is 2.71. The third-order valence-electron chi connectivity index (χ3n) is 5.14. The van der Waals surface area contributed by atoms with E-state index in [1.165, 1.54) is 36.8 Å². The number of aryl methyl sites for hydroxylation is 1. The molecule has 1 aromatic rings. The fourth-order valence-electron chi connectivity index (χ4n) is 4.00. The molecular weight excluding hydrogens is 246 g/mol. The van der Waals surface area contributed by atoms with Crippen molar-refractivity contribution in [1.82, 2.24) is 5.32 Å². The van der Waals surface area contributed by atoms with E-state index in [2.05, 4.69) is 44.4 Å². The molecular formula is C18H27NO. The van der Waals surface area contributed by atoms with E-state index in [0.29, 0.717) is 12.1 Å². The zero-order valence-corrected chi connectivity index (χ0v) is 13.0. The minimum Gasteiger partial charge on any atom is -0.490 e. The Kier molecular flexibility index (Phi) is 4.02. The lowest BCUT2D eigenvalue weighted by atomic mass is 9.77. The molecule has 3 rings (SSSR count). The lowest BCUT2D eigenvalue weighted by molar-refractivity contribution is 0.0626. The highest BCUT2D eigenvalue weighted by Gasteiger charge is 2.34. The van der Waals surface area contributed by atoms with Gasteiger partial charge in [0.25, 0.3) is 0 Å². The Morgan fingerprint density at radius 2 is 2.05 bits per heavy atom. The summed E-state index contributed by atoms with van der Waals surface area (Å²) in [7, 11) is 2.07. The van der Waals surface area contributed by atoms with Crippen molar-refractivity contribution in [3.05, 3.63) is 29.3 Å². The van der Waals surface area contributed by atoms with Crippen LogP contribution in [0.1, 0.15) is 56.2 Å². The van der Waals surface area contributed by atoms with E-state index >= 15 is 0 Å². The number of fused-ring (bicyclic) bond motifs is 1. The molecule has 0 bridgehead atoms. The monoisotopic (exact) mass is 273 g/mol. The molecule has 2 nitrogen and oxygen atoms in total. The summed E-state index contributed by atoms with van der Waals surface area (Å²) >= 11 is 0. The van der Waals surface area contributed by atoms with Crippen molar-refractivity contribution in [3.63, 3.8) is 0 Å². The van der Waals surface area contributed by atoms with E-state index in [4.69, 9.17) is 4.74 Å². The number of hydrogen-bond donors (Lipinski definition) is 1. The van der Waals surface area contributed by atoms with E-state index in [9.17, 15) is 0 Å². The van der Waals surface area contributed by atoms with Crippen LogP contribution in [-0.4, -0.2) is 13.2 Å². The van der Waals surface area contributed by atoms with E-state index in [1.807, 2.05) is 0 Å². The van der Waals surface area contributed by atoms with Gasteiger partial charge < -0.3 is 10.1 Å². The first-order valence-corrected chi connectivity index (χ1v) is 8.12. The molecule has 4 unspecified atom stereocenters. The molecule has 1 aromatic carbocycles. The van der Waals surface area contributed by atoms with Crippen molar-refractivity contribution in [2.24, 2.45) is 11.8 Å². The molecule has 0 saturated heterocycles. The second-order valence-corrected chi connectivity index (χ2v) is 6.81. The van der Waals surface area contributed by atoms with Gasteiger partial charge >= 0.3 is 0 Å². The maximum Gasteiger partial charge on any atom is 0.124 e. The van der Waals surface area contributed by atoms with Crippen LogP contribution in [0, 0.1) is 18.8 Å². The number of rotatable bonds is 2. The molecule has 0 aromatic heterocycles. The molecule has 1 fully saturated rings. The molecule has 0 radical (unpaired) electrons. The maximum absolute atomic E-state index is 6.37. The Hall–Kier alpha value is -1.02. The topological polar surface area (TPSA) is 21.3 Å². The normalized spacial score (nSPS) is 33.4. The molecule has 0 spiro atoms. The van der Waals surface area contributed by atoms with Crippen molar-refractivity contribution in [2.45, 2.75) is 58.1 Å². The summed E-state index contributed by atoms with van der Waals surface area (Å²) in [6, 6.07) is 7.04. The summed E-state index contributed by atoms with van der Waals surface area (Å²) in [6.07, 6.45) is 6.95. The van der Waals surface area contributed by atoms with Crippen molar-refractivity contribution >= 4 is 0 Å². The summed E-state index contributed by atoms with van der Waals surface area (Å²) in [4.78, 5) is 0. The lowest BCUT2D eigenvalue weighted by Gasteiger charge is -2.39. The van der Waals surface area contributed by atoms with Gasteiger partial charge in [-0.2, -0.15) is 0 Å². The van der Waals surface area contributed by atoms with Crippen LogP contribution in [0.2, 0.25) is 0 Å². The molecule has 110 valence electrons. The number of nitrogens with one attached hydrogen (secondary N) is 1. The smallest absolute Gasteiger partial charge is 0.124 e. The first-order chi connectivity index (χ1) is 9.67. The molecule has 2 aliphatic rings. The van der Waals surface area contributed by atoms with Gasteiger partial charge in [-0.25, -0.2) is 0 Å². The minimum atomic E-state index is 0.394. The fourth-order valence-corrected chi connectivity index (χ4v) is 4.00. The highest BCUT2D eigenvalue weighted by molar-refractivity contribution is 5.41. The quantitative estimate of drug-likeness (QED) is 0.870. The largest absolute Gasteiger partial charge is 0.490 e. The molecule has 1 N–H and O–H groups in total. The second kappa shape index (κ2) is 5.77. The Bertz CT molecular complexity index is 470. The second-order valence-electron chi connectivity index (χ2n) is 6.81. The van der Waals surface area contributed by atoms with E-state index in [-0.39, 0.29) is 0 Å². The van der Waals surface area contributed by atoms with Crippen molar-refractivity contribution in [2.75, 3.05) is 7.05 Å². The van der Waals surface area contributed by atoms with Gasteiger partial charge in [0.15, 0.2) is 0 Å². The Balaban J connectivity index is 1.81. The number of hydrogen-bond acceptors (Lipinski definition) is 2.